The van der Waals surface area contributed by atoms with Gasteiger partial charge in [-0.2, -0.15) is 0 Å². The van der Waals surface area contributed by atoms with Gasteiger partial charge in [0.05, 0.1) is 0 Å². The van der Waals surface area contributed by atoms with Crippen molar-refractivity contribution in [1.82, 2.24) is 0 Å². The Balaban J connectivity index is 1.30. The molecule has 0 spiro atoms. The molecule has 8 aromatic rings. The van der Waals surface area contributed by atoms with E-state index < -0.39 is 0 Å². The molecule has 0 aromatic heterocycles. The monoisotopic (exact) mass is 766 g/mol. The van der Waals surface area contributed by atoms with Crippen LogP contribution in [0.15, 0.2) is 231 Å². The molecule has 0 radical (unpaired) electrons. The third-order valence-electron chi connectivity index (χ3n) is 11.5. The van der Waals surface area contributed by atoms with Crippen LogP contribution < -0.4 is 0 Å². The first kappa shape index (κ1) is 36.4. The van der Waals surface area contributed by atoms with Gasteiger partial charge in [-0.05, 0) is 55.6 Å². The summed E-state index contributed by atoms with van der Waals surface area (Å²) >= 11 is 0. The van der Waals surface area contributed by atoms with Crippen LogP contribution in [-0.2, 0) is 9.59 Å². The zero-order chi connectivity index (χ0) is 40.4. The first-order chi connectivity index (χ1) is 29.7. The van der Waals surface area contributed by atoms with E-state index in [1.165, 1.54) is 0 Å². The highest BCUT2D eigenvalue weighted by Gasteiger charge is 2.39. The van der Waals surface area contributed by atoms with Crippen LogP contribution in [0.25, 0.3) is 55.7 Å². The van der Waals surface area contributed by atoms with Crippen LogP contribution in [0.3, 0.4) is 0 Å². The molecule has 60 heavy (non-hydrogen) atoms. The molecule has 8 aromatic carbocycles. The average Bonchev–Trinajstić information content (AvgIpc) is 3.81. The summed E-state index contributed by atoms with van der Waals surface area (Å²) in [5.41, 5.74) is 15.4. The summed E-state index contributed by atoms with van der Waals surface area (Å²) in [7, 11) is 0. The predicted octanol–water partition coefficient (Wildman–Crippen LogP) is 13.6. The lowest BCUT2D eigenvalue weighted by atomic mass is 9.81. The number of ketones is 2. The van der Waals surface area contributed by atoms with Gasteiger partial charge in [0.1, 0.15) is 0 Å². The third-order valence-corrected chi connectivity index (χ3v) is 11.5. The van der Waals surface area contributed by atoms with Gasteiger partial charge in [-0.3, -0.25) is 9.59 Å². The number of allylic oxidation sites excluding steroid dienone is 8. The second-order valence-corrected chi connectivity index (χ2v) is 14.9. The first-order valence-electron chi connectivity index (χ1n) is 20.3. The number of carbonyl (C=O) groups is 2. The zero-order valence-electron chi connectivity index (χ0n) is 32.8. The topological polar surface area (TPSA) is 34.1 Å². The Kier molecular flexibility index (Phi) is 9.57. The predicted molar refractivity (Wildman–Crippen MR) is 248 cm³/mol. The van der Waals surface area contributed by atoms with Crippen molar-refractivity contribution in [1.29, 1.82) is 0 Å². The van der Waals surface area contributed by atoms with Crippen LogP contribution in [0.4, 0.5) is 0 Å². The minimum Gasteiger partial charge on any atom is -0.289 e. The van der Waals surface area contributed by atoms with Gasteiger partial charge >= 0.3 is 0 Å². The Bertz CT molecular complexity index is 2830. The molecule has 0 atom stereocenters. The Labute approximate surface area is 350 Å². The summed E-state index contributed by atoms with van der Waals surface area (Å²) in [5.74, 6) is -0.0248. The minimum absolute atomic E-state index is 0.0124. The summed E-state index contributed by atoms with van der Waals surface area (Å²) in [4.78, 5) is 30.5. The van der Waals surface area contributed by atoms with Gasteiger partial charge in [-0.25, -0.2) is 0 Å². The van der Waals surface area contributed by atoms with Crippen molar-refractivity contribution in [3.63, 3.8) is 0 Å². The molecular weight excluding hydrogens is 729 g/mol. The fourth-order valence-electron chi connectivity index (χ4n) is 8.92. The van der Waals surface area contributed by atoms with Crippen molar-refractivity contribution in [3.05, 3.63) is 275 Å². The van der Waals surface area contributed by atoms with Crippen molar-refractivity contribution < 1.29 is 9.59 Å². The van der Waals surface area contributed by atoms with E-state index in [9.17, 15) is 0 Å². The molecule has 0 saturated heterocycles. The van der Waals surface area contributed by atoms with Crippen LogP contribution in [0.2, 0.25) is 0 Å². The maximum absolute atomic E-state index is 15.2. The molecule has 282 valence electrons. The highest BCUT2D eigenvalue weighted by molar-refractivity contribution is 6.60. The summed E-state index contributed by atoms with van der Waals surface area (Å²) in [5, 5.41) is 0. The van der Waals surface area contributed by atoms with Gasteiger partial charge in [-0.15, -0.1) is 0 Å². The zero-order valence-corrected chi connectivity index (χ0v) is 32.8. The molecule has 0 fully saturated rings. The van der Waals surface area contributed by atoms with E-state index >= 15 is 9.59 Å². The highest BCUT2D eigenvalue weighted by Crippen LogP contribution is 2.54. The lowest BCUT2D eigenvalue weighted by Gasteiger charge is -2.21. The Morgan fingerprint density at radius 3 is 0.600 bits per heavy atom. The summed E-state index contributed by atoms with van der Waals surface area (Å²) in [6, 6.07) is 77.5. The van der Waals surface area contributed by atoms with Crippen molar-refractivity contribution in [2.75, 3.05) is 0 Å². The molecule has 0 heterocycles. The van der Waals surface area contributed by atoms with Gasteiger partial charge in [0.2, 0.25) is 0 Å². The standard InChI is InChI=1S/C58H38O2/c59-57-51(41-27-11-3-12-28-41)49(39-23-7-1-8-24-39)55(53(57)43-31-15-5-16-32-43)47-37-21-19-35-45(47)46-36-20-22-38-48(46)56-50(40-25-9-2-10-26-40)52(42-29-13-4-14-30-42)58(60)54(56)44-33-17-6-18-34-44/h1-38H. The van der Waals surface area contributed by atoms with E-state index in [1.54, 1.807) is 0 Å². The molecule has 2 nitrogen and oxygen atoms in total. The van der Waals surface area contributed by atoms with Gasteiger partial charge in [0, 0.05) is 44.6 Å². The van der Waals surface area contributed by atoms with Crippen molar-refractivity contribution in [2.45, 2.75) is 0 Å². The molecule has 10 rings (SSSR count). The largest absolute Gasteiger partial charge is 0.289 e. The van der Waals surface area contributed by atoms with Crippen molar-refractivity contribution in [3.8, 4) is 11.1 Å². The van der Waals surface area contributed by atoms with E-state index in [2.05, 4.69) is 72.8 Å². The molecular formula is C58H38O2. The number of carbonyl (C=O) groups excluding carboxylic acids is 2. The van der Waals surface area contributed by atoms with Gasteiger partial charge in [0.15, 0.2) is 11.6 Å². The van der Waals surface area contributed by atoms with E-state index in [0.29, 0.717) is 22.3 Å². The maximum atomic E-state index is 15.2. The molecule has 2 heteroatoms. The molecule has 0 unspecified atom stereocenters. The van der Waals surface area contributed by atoms with Gasteiger partial charge < -0.3 is 0 Å². The number of benzene rings is 8. The summed E-state index contributed by atoms with van der Waals surface area (Å²) in [6.45, 7) is 0. The molecule has 2 aliphatic rings. The second-order valence-electron chi connectivity index (χ2n) is 14.9. The highest BCUT2D eigenvalue weighted by atomic mass is 16.1. The Hall–Kier alpha value is -7.94. The van der Waals surface area contributed by atoms with Gasteiger partial charge in [0.25, 0.3) is 0 Å². The average molecular weight is 767 g/mol. The second kappa shape index (κ2) is 15.8. The fraction of sp³-hybridized carbons (Fsp3) is 0. The van der Waals surface area contributed by atoms with Crippen LogP contribution >= 0.6 is 0 Å². The van der Waals surface area contributed by atoms with Crippen LogP contribution in [0.5, 0.6) is 0 Å². The lowest BCUT2D eigenvalue weighted by molar-refractivity contribution is -0.109. The number of hydrogen-bond acceptors (Lipinski definition) is 2. The number of Topliss-reactive ketones (excluding diaryl/α,β-unsaturated/α-hetero) is 2. The summed E-state index contributed by atoms with van der Waals surface area (Å²) < 4.78 is 0. The van der Waals surface area contributed by atoms with Crippen molar-refractivity contribution in [2.24, 2.45) is 0 Å². The first-order valence-corrected chi connectivity index (χ1v) is 20.3. The molecule has 0 bridgehead atoms. The SMILES string of the molecule is O=C1C(c2ccccc2)=C(c2ccccc2)C(c2ccccc2-c2ccccc2C2=C(c3ccccc3)C(=O)C(c3ccccc3)=C2c2ccccc2)=C1c1ccccc1. The Morgan fingerprint density at radius 2 is 0.350 bits per heavy atom. The molecule has 0 aliphatic heterocycles. The summed E-state index contributed by atoms with van der Waals surface area (Å²) in [6.07, 6.45) is 0. The number of hydrogen-bond donors (Lipinski definition) is 0. The Morgan fingerprint density at radius 1 is 0.167 bits per heavy atom. The lowest BCUT2D eigenvalue weighted by Crippen LogP contribution is -2.02. The van der Waals surface area contributed by atoms with E-state index in [4.69, 9.17) is 0 Å². The molecule has 0 N–H and O–H groups in total. The number of rotatable bonds is 9. The minimum atomic E-state index is -0.0124. The van der Waals surface area contributed by atoms with Crippen LogP contribution in [0.1, 0.15) is 44.5 Å². The molecule has 2 aliphatic carbocycles. The van der Waals surface area contributed by atoms with Gasteiger partial charge in [-0.1, -0.05) is 231 Å². The van der Waals surface area contributed by atoms with Crippen LogP contribution in [0, 0.1) is 0 Å². The van der Waals surface area contributed by atoms with Crippen LogP contribution in [-0.4, -0.2) is 11.6 Å². The third kappa shape index (κ3) is 6.32. The van der Waals surface area contributed by atoms with E-state index in [0.717, 1.165) is 77.9 Å². The van der Waals surface area contributed by atoms with E-state index in [1.807, 2.05) is 158 Å². The van der Waals surface area contributed by atoms with E-state index in [-0.39, 0.29) is 11.6 Å². The maximum Gasteiger partial charge on any atom is 0.195 e. The smallest absolute Gasteiger partial charge is 0.195 e. The van der Waals surface area contributed by atoms with Crippen molar-refractivity contribution >= 4 is 56.2 Å². The molecule has 0 amide bonds. The fourth-order valence-corrected chi connectivity index (χ4v) is 8.92. The normalized spacial score (nSPS) is 14.1. The quantitative estimate of drug-likeness (QED) is 0.147. The molecule has 0 saturated carbocycles.